The van der Waals surface area contributed by atoms with Crippen molar-refractivity contribution in [2.45, 2.75) is 104 Å². The maximum absolute atomic E-state index is 11.8. The van der Waals surface area contributed by atoms with Crippen molar-refractivity contribution in [1.29, 1.82) is 0 Å². The van der Waals surface area contributed by atoms with Gasteiger partial charge in [-0.2, -0.15) is 0 Å². The molecule has 0 spiro atoms. The zero-order valence-corrected chi connectivity index (χ0v) is 15.1. The van der Waals surface area contributed by atoms with E-state index in [1.54, 1.807) is 0 Å². The summed E-state index contributed by atoms with van der Waals surface area (Å²) in [6.45, 7) is 4.42. The topological polar surface area (TPSA) is 43.4 Å². The van der Waals surface area contributed by atoms with Gasteiger partial charge >= 0.3 is 11.9 Å². The van der Waals surface area contributed by atoms with E-state index in [4.69, 9.17) is 4.74 Å². The van der Waals surface area contributed by atoms with Crippen molar-refractivity contribution in [2.75, 3.05) is 0 Å². The Labute approximate surface area is 141 Å². The van der Waals surface area contributed by atoms with Crippen LogP contribution in [-0.2, 0) is 14.3 Å². The molecular formula is C20H34O3. The van der Waals surface area contributed by atoms with Crippen LogP contribution in [0.1, 0.15) is 104 Å². The third-order valence-electron chi connectivity index (χ3n) is 4.60. The molecule has 0 aromatic heterocycles. The number of esters is 2. The molecule has 1 rings (SSSR count). The van der Waals surface area contributed by atoms with Crippen LogP contribution in [0.5, 0.6) is 0 Å². The number of rotatable bonds is 14. The van der Waals surface area contributed by atoms with Gasteiger partial charge in [0.15, 0.2) is 0 Å². The monoisotopic (exact) mass is 322 g/mol. The Kier molecular flexibility index (Phi) is 10.7. The van der Waals surface area contributed by atoms with Crippen LogP contribution in [-0.4, -0.2) is 11.9 Å². The van der Waals surface area contributed by atoms with Crippen LogP contribution in [0, 0.1) is 0 Å². The van der Waals surface area contributed by atoms with Crippen LogP contribution in [0.25, 0.3) is 0 Å². The van der Waals surface area contributed by atoms with Crippen LogP contribution in [0.2, 0.25) is 0 Å². The second-order valence-electron chi connectivity index (χ2n) is 6.67. The first-order valence-corrected chi connectivity index (χ1v) is 9.69. The molecule has 1 aliphatic heterocycles. The van der Waals surface area contributed by atoms with Gasteiger partial charge in [-0.1, -0.05) is 78.1 Å². The van der Waals surface area contributed by atoms with Gasteiger partial charge in [-0.25, -0.2) is 9.59 Å². The highest BCUT2D eigenvalue weighted by Gasteiger charge is 2.31. The highest BCUT2D eigenvalue weighted by molar-refractivity contribution is 6.12. The molecule has 0 bridgehead atoms. The van der Waals surface area contributed by atoms with Crippen molar-refractivity contribution >= 4 is 11.9 Å². The lowest BCUT2D eigenvalue weighted by atomic mass is 9.98. The first kappa shape index (κ1) is 19.9. The lowest BCUT2D eigenvalue weighted by Gasteiger charge is -2.04. The molecule has 132 valence electrons. The number of cyclic esters (lactones) is 2. The summed E-state index contributed by atoms with van der Waals surface area (Å²) in [5.41, 5.74) is 1.33. The molecule has 23 heavy (non-hydrogen) atoms. The van der Waals surface area contributed by atoms with Crippen LogP contribution >= 0.6 is 0 Å². The first-order valence-electron chi connectivity index (χ1n) is 9.69. The van der Waals surface area contributed by atoms with E-state index in [0.717, 1.165) is 25.7 Å². The van der Waals surface area contributed by atoms with Crippen LogP contribution < -0.4 is 0 Å². The molecule has 1 aliphatic rings. The van der Waals surface area contributed by atoms with E-state index < -0.39 is 0 Å². The SMILES string of the molecule is CCCCCCCCC1=C(CCCCCCCC)C(=O)OC1=O. The predicted octanol–water partition coefficient (Wildman–Crippen LogP) is 5.87. The second-order valence-corrected chi connectivity index (χ2v) is 6.67. The van der Waals surface area contributed by atoms with Crippen molar-refractivity contribution in [3.05, 3.63) is 11.1 Å². The van der Waals surface area contributed by atoms with E-state index >= 15 is 0 Å². The van der Waals surface area contributed by atoms with Crippen LogP contribution in [0.15, 0.2) is 11.1 Å². The van der Waals surface area contributed by atoms with Crippen molar-refractivity contribution in [1.82, 2.24) is 0 Å². The summed E-state index contributed by atoms with van der Waals surface area (Å²) < 4.78 is 4.83. The van der Waals surface area contributed by atoms with E-state index in [2.05, 4.69) is 13.8 Å². The van der Waals surface area contributed by atoms with Gasteiger partial charge in [-0.3, -0.25) is 0 Å². The molecule has 0 aromatic carbocycles. The number of carbonyl (C=O) groups is 2. The van der Waals surface area contributed by atoms with Gasteiger partial charge in [-0.15, -0.1) is 0 Å². The van der Waals surface area contributed by atoms with Gasteiger partial charge in [0.25, 0.3) is 0 Å². The highest BCUT2D eigenvalue weighted by atomic mass is 16.6. The van der Waals surface area contributed by atoms with Crippen molar-refractivity contribution in [3.8, 4) is 0 Å². The summed E-state index contributed by atoms with van der Waals surface area (Å²) in [4.78, 5) is 23.7. The number of unbranched alkanes of at least 4 members (excludes halogenated alkanes) is 10. The molecule has 0 amide bonds. The molecule has 3 heteroatoms. The first-order chi connectivity index (χ1) is 11.2. The van der Waals surface area contributed by atoms with Gasteiger partial charge in [0.2, 0.25) is 0 Å². The molecule has 3 nitrogen and oxygen atoms in total. The van der Waals surface area contributed by atoms with Crippen LogP contribution in [0.3, 0.4) is 0 Å². The fraction of sp³-hybridized carbons (Fsp3) is 0.800. The minimum absolute atomic E-state index is 0.385. The Bertz CT molecular complexity index is 360. The third kappa shape index (κ3) is 7.81. The van der Waals surface area contributed by atoms with Gasteiger partial charge < -0.3 is 4.74 Å². The lowest BCUT2D eigenvalue weighted by Crippen LogP contribution is -2.02. The largest absolute Gasteiger partial charge is 0.386 e. The van der Waals surface area contributed by atoms with E-state index in [1.807, 2.05) is 0 Å². The smallest absolute Gasteiger partial charge is 0.342 e. The Morgan fingerprint density at radius 2 is 0.913 bits per heavy atom. The predicted molar refractivity (Wildman–Crippen MR) is 94.1 cm³/mol. The Balaban J connectivity index is 2.33. The zero-order chi connectivity index (χ0) is 16.9. The molecule has 0 N–H and O–H groups in total. The van der Waals surface area contributed by atoms with E-state index in [-0.39, 0.29) is 11.9 Å². The molecule has 0 saturated heterocycles. The quantitative estimate of drug-likeness (QED) is 0.228. The number of hydrogen-bond donors (Lipinski definition) is 0. The molecule has 1 heterocycles. The minimum Gasteiger partial charge on any atom is -0.386 e. The lowest BCUT2D eigenvalue weighted by molar-refractivity contribution is -0.151. The maximum Gasteiger partial charge on any atom is 0.342 e. The minimum atomic E-state index is -0.385. The average molecular weight is 322 g/mol. The highest BCUT2D eigenvalue weighted by Crippen LogP contribution is 2.27. The van der Waals surface area contributed by atoms with Crippen molar-refractivity contribution < 1.29 is 14.3 Å². The van der Waals surface area contributed by atoms with Gasteiger partial charge in [0, 0.05) is 11.1 Å². The summed E-state index contributed by atoms with van der Waals surface area (Å²) in [6, 6.07) is 0. The summed E-state index contributed by atoms with van der Waals surface area (Å²) >= 11 is 0. The average Bonchev–Trinajstić information content (AvgIpc) is 2.80. The molecule has 0 fully saturated rings. The molecule has 0 aliphatic carbocycles. The Morgan fingerprint density at radius 3 is 1.30 bits per heavy atom. The summed E-state index contributed by atoms with van der Waals surface area (Å²) in [5.74, 6) is -0.769. The molecule has 0 saturated carbocycles. The molecule has 0 unspecified atom stereocenters. The summed E-state index contributed by atoms with van der Waals surface area (Å²) in [6.07, 6.45) is 15.7. The maximum atomic E-state index is 11.8. The normalized spacial score (nSPS) is 14.7. The third-order valence-corrected chi connectivity index (χ3v) is 4.60. The summed E-state index contributed by atoms with van der Waals surface area (Å²) in [5, 5.41) is 0. The van der Waals surface area contributed by atoms with E-state index in [0.29, 0.717) is 24.0 Å². The van der Waals surface area contributed by atoms with Crippen molar-refractivity contribution in [2.24, 2.45) is 0 Å². The van der Waals surface area contributed by atoms with Gasteiger partial charge in [0.05, 0.1) is 0 Å². The Hall–Kier alpha value is -1.12. The standard InChI is InChI=1S/C20H34O3/c1-3-5-7-9-11-13-15-17-18(20(22)23-19(17)21)16-14-12-10-8-6-4-2/h3-16H2,1-2H3. The molecular weight excluding hydrogens is 288 g/mol. The fourth-order valence-electron chi connectivity index (χ4n) is 3.12. The summed E-state index contributed by atoms with van der Waals surface area (Å²) in [7, 11) is 0. The van der Waals surface area contributed by atoms with Gasteiger partial charge in [-0.05, 0) is 25.7 Å². The van der Waals surface area contributed by atoms with E-state index in [9.17, 15) is 9.59 Å². The molecule has 0 atom stereocenters. The molecule has 0 aromatic rings. The fourth-order valence-corrected chi connectivity index (χ4v) is 3.12. The number of hydrogen-bond acceptors (Lipinski definition) is 3. The Morgan fingerprint density at radius 1 is 0.565 bits per heavy atom. The second kappa shape index (κ2) is 12.3. The molecule has 0 radical (unpaired) electrons. The van der Waals surface area contributed by atoms with Crippen LogP contribution in [0.4, 0.5) is 0 Å². The van der Waals surface area contributed by atoms with Gasteiger partial charge in [0.1, 0.15) is 0 Å². The number of ether oxygens (including phenoxy) is 1. The van der Waals surface area contributed by atoms with E-state index in [1.165, 1.54) is 51.4 Å². The number of carbonyl (C=O) groups excluding carboxylic acids is 2. The zero-order valence-electron chi connectivity index (χ0n) is 15.1. The van der Waals surface area contributed by atoms with Crippen molar-refractivity contribution in [3.63, 3.8) is 0 Å².